The zero-order valence-corrected chi connectivity index (χ0v) is 10.9. The summed E-state index contributed by atoms with van der Waals surface area (Å²) in [5.41, 5.74) is 0.608. The van der Waals surface area contributed by atoms with Crippen molar-refractivity contribution in [3.8, 4) is 0 Å². The molecule has 1 saturated carbocycles. The molecular weight excluding hydrogens is 252 g/mol. The smallest absolute Gasteiger partial charge is 0.293 e. The van der Waals surface area contributed by atoms with Crippen LogP contribution < -0.4 is 5.32 Å². The van der Waals surface area contributed by atoms with E-state index in [1.165, 1.54) is 31.7 Å². The van der Waals surface area contributed by atoms with E-state index in [0.717, 1.165) is 18.9 Å². The summed E-state index contributed by atoms with van der Waals surface area (Å²) >= 11 is 5.77. The van der Waals surface area contributed by atoms with Gasteiger partial charge in [0.1, 0.15) is 5.69 Å². The molecule has 0 saturated heterocycles. The minimum absolute atomic E-state index is 0.0499. The van der Waals surface area contributed by atoms with E-state index in [-0.39, 0.29) is 5.69 Å². The summed E-state index contributed by atoms with van der Waals surface area (Å²) < 4.78 is 0. The highest BCUT2D eigenvalue weighted by molar-refractivity contribution is 6.30. The number of nitro benzene ring substituents is 1. The summed E-state index contributed by atoms with van der Waals surface area (Å²) in [7, 11) is 0. The van der Waals surface area contributed by atoms with Crippen molar-refractivity contribution in [2.75, 3.05) is 11.9 Å². The van der Waals surface area contributed by atoms with Crippen molar-refractivity contribution in [1.29, 1.82) is 0 Å². The summed E-state index contributed by atoms with van der Waals surface area (Å²) in [6.45, 7) is 0.785. The van der Waals surface area contributed by atoms with Gasteiger partial charge in [0.15, 0.2) is 0 Å². The molecule has 0 radical (unpaired) electrons. The maximum Gasteiger partial charge on any atom is 0.293 e. The first-order valence-electron chi connectivity index (χ1n) is 6.34. The molecule has 0 atom stereocenters. The van der Waals surface area contributed by atoms with Crippen LogP contribution in [0.5, 0.6) is 0 Å². The molecule has 0 spiro atoms. The van der Waals surface area contributed by atoms with E-state index < -0.39 is 4.92 Å². The quantitative estimate of drug-likeness (QED) is 0.642. The molecule has 0 aliphatic heterocycles. The van der Waals surface area contributed by atoms with E-state index in [1.807, 2.05) is 0 Å². The number of nitrogens with one attached hydrogen (secondary N) is 1. The van der Waals surface area contributed by atoms with Gasteiger partial charge in [-0.3, -0.25) is 10.1 Å². The fourth-order valence-electron chi connectivity index (χ4n) is 2.52. The van der Waals surface area contributed by atoms with Gasteiger partial charge in [0.25, 0.3) is 5.69 Å². The summed E-state index contributed by atoms with van der Waals surface area (Å²) in [4.78, 5) is 10.5. The van der Waals surface area contributed by atoms with E-state index in [4.69, 9.17) is 11.6 Å². The van der Waals surface area contributed by atoms with Crippen LogP contribution in [-0.4, -0.2) is 11.5 Å². The Bertz CT molecular complexity index is 431. The predicted octanol–water partition coefficient (Wildman–Crippen LogP) is 4.24. The average Bonchev–Trinajstić information content (AvgIpc) is 2.84. The number of nitrogens with zero attached hydrogens (tertiary/aromatic N) is 1. The van der Waals surface area contributed by atoms with E-state index in [9.17, 15) is 10.1 Å². The van der Waals surface area contributed by atoms with Crippen LogP contribution in [0.15, 0.2) is 18.2 Å². The highest BCUT2D eigenvalue weighted by atomic mass is 35.5. The Labute approximate surface area is 111 Å². The van der Waals surface area contributed by atoms with Gasteiger partial charge in [-0.2, -0.15) is 0 Å². The van der Waals surface area contributed by atoms with Gasteiger partial charge in [-0.25, -0.2) is 0 Å². The summed E-state index contributed by atoms with van der Waals surface area (Å²) in [5.74, 6) is 0.781. The van der Waals surface area contributed by atoms with E-state index >= 15 is 0 Å². The predicted molar refractivity (Wildman–Crippen MR) is 73.2 cm³/mol. The van der Waals surface area contributed by atoms with Crippen molar-refractivity contribution in [1.82, 2.24) is 0 Å². The largest absolute Gasteiger partial charge is 0.379 e. The third-order valence-corrected chi connectivity index (χ3v) is 3.73. The van der Waals surface area contributed by atoms with Gasteiger partial charge in [-0.15, -0.1) is 0 Å². The lowest BCUT2D eigenvalue weighted by atomic mass is 10.0. The lowest BCUT2D eigenvalue weighted by molar-refractivity contribution is -0.383. The van der Waals surface area contributed by atoms with Crippen LogP contribution >= 0.6 is 11.6 Å². The number of nitro groups is 1. The summed E-state index contributed by atoms with van der Waals surface area (Å²) in [5, 5.41) is 14.4. The highest BCUT2D eigenvalue weighted by Crippen LogP contribution is 2.30. The van der Waals surface area contributed by atoms with Crippen LogP contribution in [0, 0.1) is 16.0 Å². The van der Waals surface area contributed by atoms with Gasteiger partial charge < -0.3 is 5.32 Å². The molecule has 0 amide bonds. The normalized spacial score (nSPS) is 15.8. The maximum atomic E-state index is 10.9. The Kier molecular flexibility index (Phi) is 4.42. The van der Waals surface area contributed by atoms with Crippen molar-refractivity contribution >= 4 is 23.0 Å². The maximum absolute atomic E-state index is 10.9. The Hall–Kier alpha value is -1.29. The zero-order valence-electron chi connectivity index (χ0n) is 10.2. The third kappa shape index (κ3) is 3.35. The minimum atomic E-state index is -0.399. The van der Waals surface area contributed by atoms with E-state index in [0.29, 0.717) is 10.7 Å². The number of hydrogen-bond acceptors (Lipinski definition) is 3. The molecular formula is C13H17ClN2O2. The highest BCUT2D eigenvalue weighted by Gasteiger charge is 2.16. The Morgan fingerprint density at radius 3 is 2.78 bits per heavy atom. The molecule has 0 bridgehead atoms. The molecule has 1 aliphatic rings. The Balaban J connectivity index is 1.93. The number of halogens is 1. The van der Waals surface area contributed by atoms with Crippen molar-refractivity contribution in [2.24, 2.45) is 5.92 Å². The van der Waals surface area contributed by atoms with E-state index in [2.05, 4.69) is 5.32 Å². The first-order chi connectivity index (χ1) is 8.66. The number of anilines is 1. The second-order valence-electron chi connectivity index (χ2n) is 4.78. The lowest BCUT2D eigenvalue weighted by Gasteiger charge is -2.11. The first kappa shape index (κ1) is 13.1. The van der Waals surface area contributed by atoms with Crippen molar-refractivity contribution in [2.45, 2.75) is 32.1 Å². The molecule has 0 aromatic heterocycles. The first-order valence-corrected chi connectivity index (χ1v) is 6.72. The van der Waals surface area contributed by atoms with Gasteiger partial charge in [0.05, 0.1) is 4.92 Å². The molecule has 5 heteroatoms. The molecule has 18 heavy (non-hydrogen) atoms. The second-order valence-corrected chi connectivity index (χ2v) is 5.22. The van der Waals surface area contributed by atoms with Gasteiger partial charge in [-0.05, 0) is 24.5 Å². The number of benzene rings is 1. The molecule has 1 fully saturated rings. The van der Waals surface area contributed by atoms with Crippen LogP contribution in [0.3, 0.4) is 0 Å². The van der Waals surface area contributed by atoms with Gasteiger partial charge in [-0.1, -0.05) is 37.3 Å². The average molecular weight is 269 g/mol. The second kappa shape index (κ2) is 6.05. The van der Waals surface area contributed by atoms with Crippen molar-refractivity contribution in [3.05, 3.63) is 33.3 Å². The van der Waals surface area contributed by atoms with Gasteiger partial charge in [0.2, 0.25) is 0 Å². The van der Waals surface area contributed by atoms with Gasteiger partial charge in [0, 0.05) is 17.6 Å². The van der Waals surface area contributed by atoms with Crippen molar-refractivity contribution in [3.63, 3.8) is 0 Å². The Morgan fingerprint density at radius 1 is 1.39 bits per heavy atom. The van der Waals surface area contributed by atoms with Crippen molar-refractivity contribution < 1.29 is 4.92 Å². The minimum Gasteiger partial charge on any atom is -0.379 e. The monoisotopic (exact) mass is 268 g/mol. The fraction of sp³-hybridized carbons (Fsp3) is 0.538. The zero-order chi connectivity index (χ0) is 13.0. The topological polar surface area (TPSA) is 55.2 Å². The lowest BCUT2D eigenvalue weighted by Crippen LogP contribution is -2.08. The van der Waals surface area contributed by atoms with Crippen LogP contribution in [0.1, 0.15) is 32.1 Å². The molecule has 0 heterocycles. The number of hydrogen-bond donors (Lipinski definition) is 1. The SMILES string of the molecule is O=[N+]([O-])c1cc(Cl)ccc1NCCC1CCCC1. The van der Waals surface area contributed by atoms with Crippen LogP contribution in [0.4, 0.5) is 11.4 Å². The molecule has 1 aliphatic carbocycles. The Morgan fingerprint density at radius 2 is 2.11 bits per heavy atom. The summed E-state index contributed by atoms with van der Waals surface area (Å²) in [6, 6.07) is 4.74. The van der Waals surface area contributed by atoms with Gasteiger partial charge >= 0.3 is 0 Å². The molecule has 4 nitrogen and oxygen atoms in total. The van der Waals surface area contributed by atoms with Crippen LogP contribution in [-0.2, 0) is 0 Å². The molecule has 0 unspecified atom stereocenters. The van der Waals surface area contributed by atoms with E-state index in [1.54, 1.807) is 12.1 Å². The summed E-state index contributed by atoms with van der Waals surface area (Å²) in [6.07, 6.45) is 6.33. The number of rotatable bonds is 5. The fourth-order valence-corrected chi connectivity index (χ4v) is 2.68. The molecule has 1 aromatic carbocycles. The standard InChI is InChI=1S/C13H17ClN2O2/c14-11-5-6-12(13(9-11)16(17)18)15-8-7-10-3-1-2-4-10/h5-6,9-10,15H,1-4,7-8H2. The molecule has 1 aromatic rings. The molecule has 2 rings (SSSR count). The van der Waals surface area contributed by atoms with Crippen LogP contribution in [0.25, 0.3) is 0 Å². The molecule has 98 valence electrons. The van der Waals surface area contributed by atoms with Crippen LogP contribution in [0.2, 0.25) is 5.02 Å². The molecule has 1 N–H and O–H groups in total. The third-order valence-electron chi connectivity index (χ3n) is 3.50.